The number of carboxylic acid groups (broad SMARTS) is 1. The first-order chi connectivity index (χ1) is 8.16. The van der Waals surface area contributed by atoms with Crippen LogP contribution in [0.25, 0.3) is 0 Å². The van der Waals surface area contributed by atoms with E-state index in [2.05, 4.69) is 4.98 Å². The monoisotopic (exact) mass is 234 g/mol. The lowest BCUT2D eigenvalue weighted by atomic mass is 10.0. The average molecular weight is 234 g/mol. The van der Waals surface area contributed by atoms with Crippen molar-refractivity contribution in [3.05, 3.63) is 29.6 Å². The van der Waals surface area contributed by atoms with Crippen molar-refractivity contribution < 1.29 is 9.90 Å². The highest BCUT2D eigenvalue weighted by molar-refractivity contribution is 5.73. The highest BCUT2D eigenvalue weighted by Crippen LogP contribution is 2.19. The Labute approximate surface area is 101 Å². The molecular formula is C13H18N2O2. The molecule has 0 radical (unpaired) electrons. The lowest BCUT2D eigenvalue weighted by molar-refractivity contribution is -0.144. The standard InChI is InChI=1S/C13H18N2O2/c1-10-5-6-11(14-8-10)9-15-7-3-2-4-12(15)13(16)17/h5-6,8,12H,2-4,7,9H2,1H3,(H,16,17). The Morgan fingerprint density at radius 1 is 1.53 bits per heavy atom. The van der Waals surface area contributed by atoms with E-state index in [4.69, 9.17) is 5.11 Å². The van der Waals surface area contributed by atoms with E-state index < -0.39 is 5.97 Å². The van der Waals surface area contributed by atoms with E-state index in [9.17, 15) is 4.79 Å². The first-order valence-electron chi connectivity index (χ1n) is 6.05. The van der Waals surface area contributed by atoms with Gasteiger partial charge in [-0.3, -0.25) is 14.7 Å². The molecule has 1 aromatic heterocycles. The molecule has 0 spiro atoms. The van der Waals surface area contributed by atoms with Crippen LogP contribution in [-0.2, 0) is 11.3 Å². The summed E-state index contributed by atoms with van der Waals surface area (Å²) in [5, 5.41) is 9.17. The van der Waals surface area contributed by atoms with Gasteiger partial charge in [-0.25, -0.2) is 0 Å². The Bertz CT molecular complexity index is 389. The maximum atomic E-state index is 11.1. The van der Waals surface area contributed by atoms with Gasteiger partial charge in [0.1, 0.15) is 6.04 Å². The highest BCUT2D eigenvalue weighted by Gasteiger charge is 2.28. The molecule has 0 amide bonds. The van der Waals surface area contributed by atoms with Crippen molar-refractivity contribution in [2.45, 2.75) is 38.8 Å². The summed E-state index contributed by atoms with van der Waals surface area (Å²) in [6.07, 6.45) is 4.67. The fraction of sp³-hybridized carbons (Fsp3) is 0.538. The number of carboxylic acids is 1. The van der Waals surface area contributed by atoms with Crippen LogP contribution in [0.4, 0.5) is 0 Å². The Hall–Kier alpha value is -1.42. The van der Waals surface area contributed by atoms with E-state index in [-0.39, 0.29) is 6.04 Å². The molecule has 1 unspecified atom stereocenters. The topological polar surface area (TPSA) is 53.4 Å². The maximum Gasteiger partial charge on any atom is 0.320 e. The number of likely N-dealkylation sites (tertiary alicyclic amines) is 1. The van der Waals surface area contributed by atoms with Crippen molar-refractivity contribution in [1.29, 1.82) is 0 Å². The van der Waals surface area contributed by atoms with Gasteiger partial charge in [0.05, 0.1) is 5.69 Å². The van der Waals surface area contributed by atoms with E-state index >= 15 is 0 Å². The molecule has 2 rings (SSSR count). The zero-order chi connectivity index (χ0) is 12.3. The minimum atomic E-state index is -0.711. The van der Waals surface area contributed by atoms with Gasteiger partial charge in [-0.2, -0.15) is 0 Å². The van der Waals surface area contributed by atoms with Gasteiger partial charge in [0.25, 0.3) is 0 Å². The Morgan fingerprint density at radius 3 is 3.00 bits per heavy atom. The van der Waals surface area contributed by atoms with E-state index in [0.717, 1.165) is 37.1 Å². The zero-order valence-electron chi connectivity index (χ0n) is 10.1. The number of hydrogen-bond acceptors (Lipinski definition) is 3. The molecule has 1 fully saturated rings. The normalized spacial score (nSPS) is 21.4. The summed E-state index contributed by atoms with van der Waals surface area (Å²) >= 11 is 0. The van der Waals surface area contributed by atoms with Crippen LogP contribution in [0, 0.1) is 6.92 Å². The molecule has 0 bridgehead atoms. The van der Waals surface area contributed by atoms with Gasteiger partial charge in [0, 0.05) is 12.7 Å². The molecule has 0 aliphatic carbocycles. The van der Waals surface area contributed by atoms with Crippen LogP contribution < -0.4 is 0 Å². The highest BCUT2D eigenvalue weighted by atomic mass is 16.4. The smallest absolute Gasteiger partial charge is 0.320 e. The second kappa shape index (κ2) is 5.27. The fourth-order valence-corrected chi connectivity index (χ4v) is 2.26. The number of rotatable bonds is 3. The van der Waals surface area contributed by atoms with E-state index in [1.54, 1.807) is 0 Å². The fourth-order valence-electron chi connectivity index (χ4n) is 2.26. The van der Waals surface area contributed by atoms with E-state index in [1.165, 1.54) is 0 Å². The van der Waals surface area contributed by atoms with Crippen molar-refractivity contribution in [3.63, 3.8) is 0 Å². The minimum Gasteiger partial charge on any atom is -0.480 e. The first-order valence-corrected chi connectivity index (χ1v) is 6.05. The average Bonchev–Trinajstić information content (AvgIpc) is 2.32. The Balaban J connectivity index is 2.05. The van der Waals surface area contributed by atoms with Crippen molar-refractivity contribution >= 4 is 5.97 Å². The van der Waals surface area contributed by atoms with Crippen LogP contribution in [0.5, 0.6) is 0 Å². The van der Waals surface area contributed by atoms with Crippen molar-refractivity contribution in [3.8, 4) is 0 Å². The molecule has 1 aliphatic rings. The summed E-state index contributed by atoms with van der Waals surface area (Å²) in [5.41, 5.74) is 2.07. The predicted octanol–water partition coefficient (Wildman–Crippen LogP) is 1.83. The van der Waals surface area contributed by atoms with E-state index in [1.807, 2.05) is 30.2 Å². The summed E-state index contributed by atoms with van der Waals surface area (Å²) in [4.78, 5) is 17.5. The van der Waals surface area contributed by atoms with Crippen LogP contribution in [-0.4, -0.2) is 33.5 Å². The molecule has 0 aromatic carbocycles. The molecule has 0 saturated carbocycles. The number of hydrogen-bond donors (Lipinski definition) is 1. The van der Waals surface area contributed by atoms with Gasteiger partial charge in [-0.1, -0.05) is 12.5 Å². The molecule has 1 N–H and O–H groups in total. The molecule has 1 aliphatic heterocycles. The number of aromatic nitrogens is 1. The number of nitrogens with zero attached hydrogens (tertiary/aromatic N) is 2. The summed E-state index contributed by atoms with van der Waals surface area (Å²) in [7, 11) is 0. The molecule has 1 saturated heterocycles. The van der Waals surface area contributed by atoms with Gasteiger partial charge < -0.3 is 5.11 Å². The number of pyridine rings is 1. The third-order valence-corrected chi connectivity index (χ3v) is 3.24. The van der Waals surface area contributed by atoms with Gasteiger partial charge >= 0.3 is 5.97 Å². The second-order valence-electron chi connectivity index (χ2n) is 4.65. The van der Waals surface area contributed by atoms with Gasteiger partial charge in [0.15, 0.2) is 0 Å². The summed E-state index contributed by atoms with van der Waals surface area (Å²) in [6.45, 7) is 3.49. The molecule has 2 heterocycles. The third kappa shape index (κ3) is 3.03. The van der Waals surface area contributed by atoms with Crippen LogP contribution in [0.15, 0.2) is 18.3 Å². The van der Waals surface area contributed by atoms with Crippen LogP contribution in [0.2, 0.25) is 0 Å². The van der Waals surface area contributed by atoms with Crippen molar-refractivity contribution in [2.24, 2.45) is 0 Å². The summed E-state index contributed by atoms with van der Waals surface area (Å²) in [5.74, 6) is -0.711. The molecule has 1 atom stereocenters. The minimum absolute atomic E-state index is 0.341. The summed E-state index contributed by atoms with van der Waals surface area (Å²) in [6, 6.07) is 3.65. The number of carbonyl (C=O) groups is 1. The lowest BCUT2D eigenvalue weighted by Gasteiger charge is -2.32. The zero-order valence-corrected chi connectivity index (χ0v) is 10.1. The molecule has 17 heavy (non-hydrogen) atoms. The van der Waals surface area contributed by atoms with Crippen molar-refractivity contribution in [2.75, 3.05) is 6.54 Å². The first kappa shape index (κ1) is 12.0. The molecule has 4 heteroatoms. The van der Waals surface area contributed by atoms with Crippen LogP contribution in [0.3, 0.4) is 0 Å². The largest absolute Gasteiger partial charge is 0.480 e. The molecule has 92 valence electrons. The number of piperidine rings is 1. The lowest BCUT2D eigenvalue weighted by Crippen LogP contribution is -2.44. The quantitative estimate of drug-likeness (QED) is 0.867. The maximum absolute atomic E-state index is 11.1. The van der Waals surface area contributed by atoms with Crippen molar-refractivity contribution in [1.82, 2.24) is 9.88 Å². The van der Waals surface area contributed by atoms with Gasteiger partial charge in [-0.15, -0.1) is 0 Å². The van der Waals surface area contributed by atoms with Gasteiger partial charge in [-0.05, 0) is 37.9 Å². The Kier molecular flexibility index (Phi) is 3.74. The molecule has 1 aromatic rings. The number of aryl methyl sites for hydroxylation is 1. The van der Waals surface area contributed by atoms with Crippen LogP contribution >= 0.6 is 0 Å². The second-order valence-corrected chi connectivity index (χ2v) is 4.65. The molecular weight excluding hydrogens is 216 g/mol. The third-order valence-electron chi connectivity index (χ3n) is 3.24. The predicted molar refractivity (Wildman–Crippen MR) is 64.7 cm³/mol. The Morgan fingerprint density at radius 2 is 2.35 bits per heavy atom. The van der Waals surface area contributed by atoms with Crippen LogP contribution in [0.1, 0.15) is 30.5 Å². The number of aliphatic carboxylic acids is 1. The van der Waals surface area contributed by atoms with Gasteiger partial charge in [0.2, 0.25) is 0 Å². The molecule has 4 nitrogen and oxygen atoms in total. The summed E-state index contributed by atoms with van der Waals surface area (Å²) < 4.78 is 0. The van der Waals surface area contributed by atoms with E-state index in [0.29, 0.717) is 6.54 Å². The SMILES string of the molecule is Cc1ccc(CN2CCCCC2C(=O)O)nc1.